The zero-order valence-corrected chi connectivity index (χ0v) is 11.6. The maximum atomic E-state index is 12.4. The Kier molecular flexibility index (Phi) is 3.66. The van der Waals surface area contributed by atoms with Gasteiger partial charge in [-0.2, -0.15) is 0 Å². The first-order valence-electron chi connectivity index (χ1n) is 6.29. The Hall–Kier alpha value is -1.01. The molecule has 6 heteroatoms. The maximum Gasteiger partial charge on any atom is 0.496 e. The molecule has 1 aliphatic rings. The van der Waals surface area contributed by atoms with Crippen molar-refractivity contribution in [3.8, 4) is 0 Å². The van der Waals surface area contributed by atoms with Crippen molar-refractivity contribution in [2.24, 2.45) is 0 Å². The molecule has 19 heavy (non-hydrogen) atoms. The van der Waals surface area contributed by atoms with Crippen LogP contribution in [0.2, 0.25) is 0 Å². The fraction of sp³-hybridized carbons (Fsp3) is 0.615. The Morgan fingerprint density at radius 2 is 1.74 bits per heavy atom. The predicted molar refractivity (Wildman–Crippen MR) is 69.7 cm³/mol. The van der Waals surface area contributed by atoms with Crippen LogP contribution in [-0.4, -0.2) is 29.7 Å². The van der Waals surface area contributed by atoms with E-state index in [0.717, 1.165) is 0 Å². The molecule has 0 bridgehead atoms. The van der Waals surface area contributed by atoms with Gasteiger partial charge in [-0.1, -0.05) is 6.07 Å². The topological polar surface area (TPSA) is 31.4 Å². The fourth-order valence-electron chi connectivity index (χ4n) is 1.91. The Labute approximate surface area is 112 Å². The molecular formula is C13H18BF2NO2. The van der Waals surface area contributed by atoms with E-state index in [9.17, 15) is 8.78 Å². The van der Waals surface area contributed by atoms with Crippen LogP contribution in [0.4, 0.5) is 8.78 Å². The minimum Gasteiger partial charge on any atom is -0.399 e. The van der Waals surface area contributed by atoms with E-state index in [1.165, 1.54) is 6.20 Å². The molecule has 0 radical (unpaired) electrons. The van der Waals surface area contributed by atoms with Gasteiger partial charge in [0.25, 0.3) is 0 Å². The quantitative estimate of drug-likeness (QED) is 0.788. The lowest BCUT2D eigenvalue weighted by molar-refractivity contribution is 0.00578. The first-order chi connectivity index (χ1) is 8.71. The van der Waals surface area contributed by atoms with Gasteiger partial charge in [-0.3, -0.25) is 4.98 Å². The van der Waals surface area contributed by atoms with Gasteiger partial charge < -0.3 is 9.31 Å². The number of hydrogen-bond acceptors (Lipinski definition) is 3. The summed E-state index contributed by atoms with van der Waals surface area (Å²) in [6.07, 6.45) is 0.355. The molecule has 0 N–H and O–H groups in total. The molecule has 0 aliphatic carbocycles. The third kappa shape index (κ3) is 2.95. The zero-order chi connectivity index (χ0) is 14.3. The van der Waals surface area contributed by atoms with Crippen molar-refractivity contribution in [2.45, 2.75) is 51.7 Å². The number of halogens is 2. The number of hydrogen-bond donors (Lipinski definition) is 0. The van der Waals surface area contributed by atoms with Crippen LogP contribution >= 0.6 is 0 Å². The van der Waals surface area contributed by atoms with Gasteiger partial charge in [-0.05, 0) is 33.3 Å². The smallest absolute Gasteiger partial charge is 0.399 e. The first-order valence-corrected chi connectivity index (χ1v) is 6.29. The van der Waals surface area contributed by atoms with Gasteiger partial charge in [0.2, 0.25) is 6.43 Å². The van der Waals surface area contributed by atoms with Crippen LogP contribution in [0.25, 0.3) is 0 Å². The average molecular weight is 269 g/mol. The zero-order valence-electron chi connectivity index (χ0n) is 11.6. The highest BCUT2D eigenvalue weighted by Crippen LogP contribution is 2.36. The van der Waals surface area contributed by atoms with E-state index in [4.69, 9.17) is 9.31 Å². The van der Waals surface area contributed by atoms with Gasteiger partial charge in [0.1, 0.15) is 0 Å². The molecule has 104 valence electrons. The second kappa shape index (κ2) is 4.83. The third-order valence-electron chi connectivity index (χ3n) is 3.73. The van der Waals surface area contributed by atoms with E-state index in [-0.39, 0.29) is 6.42 Å². The van der Waals surface area contributed by atoms with Crippen molar-refractivity contribution in [2.75, 3.05) is 0 Å². The molecule has 0 amide bonds. The fourth-order valence-corrected chi connectivity index (χ4v) is 1.91. The van der Waals surface area contributed by atoms with Gasteiger partial charge in [0.15, 0.2) is 0 Å². The summed E-state index contributed by atoms with van der Waals surface area (Å²) >= 11 is 0. The summed E-state index contributed by atoms with van der Waals surface area (Å²) in [5, 5.41) is 0. The summed E-state index contributed by atoms with van der Waals surface area (Å²) in [7, 11) is -0.560. The van der Waals surface area contributed by atoms with E-state index in [1.807, 2.05) is 27.7 Å². The SMILES string of the molecule is CC1(C)OB(c2cncc(CC(F)F)c2)OC1(C)C. The number of nitrogens with zero attached hydrogens (tertiary/aromatic N) is 1. The number of rotatable bonds is 3. The Balaban J connectivity index is 2.20. The van der Waals surface area contributed by atoms with E-state index in [1.54, 1.807) is 12.3 Å². The Morgan fingerprint density at radius 3 is 2.26 bits per heavy atom. The molecule has 1 aromatic rings. The van der Waals surface area contributed by atoms with Crippen molar-refractivity contribution in [3.05, 3.63) is 24.0 Å². The van der Waals surface area contributed by atoms with Crippen molar-refractivity contribution in [3.63, 3.8) is 0 Å². The summed E-state index contributed by atoms with van der Waals surface area (Å²) < 4.78 is 36.5. The normalized spacial score (nSPS) is 21.1. The maximum absolute atomic E-state index is 12.4. The lowest BCUT2D eigenvalue weighted by atomic mass is 9.79. The molecule has 0 spiro atoms. The van der Waals surface area contributed by atoms with Crippen molar-refractivity contribution in [1.29, 1.82) is 0 Å². The largest absolute Gasteiger partial charge is 0.496 e. The highest BCUT2D eigenvalue weighted by molar-refractivity contribution is 6.62. The standard InChI is InChI=1S/C13H18BF2NO2/c1-12(2)13(3,4)19-14(18-12)10-5-9(6-11(15)16)7-17-8-10/h5,7-8,11H,6H2,1-4H3. The summed E-state index contributed by atoms with van der Waals surface area (Å²) in [6, 6.07) is 1.67. The van der Waals surface area contributed by atoms with Crippen LogP contribution in [0.3, 0.4) is 0 Å². The van der Waals surface area contributed by atoms with Crippen LogP contribution in [0, 0.1) is 0 Å². The average Bonchev–Trinajstić information content (AvgIpc) is 2.47. The summed E-state index contributed by atoms with van der Waals surface area (Å²) in [5.41, 5.74) is 0.270. The van der Waals surface area contributed by atoms with E-state index in [0.29, 0.717) is 11.0 Å². The van der Waals surface area contributed by atoms with Crippen molar-refractivity contribution < 1.29 is 18.1 Å². The molecule has 1 saturated heterocycles. The minimum absolute atomic E-state index is 0.305. The molecule has 1 fully saturated rings. The predicted octanol–water partition coefficient (Wildman–Crippen LogP) is 2.19. The molecule has 0 saturated carbocycles. The Morgan fingerprint density at radius 1 is 1.16 bits per heavy atom. The first kappa shape index (κ1) is 14.4. The molecule has 1 aromatic heterocycles. The Bertz CT molecular complexity index is 450. The van der Waals surface area contributed by atoms with E-state index >= 15 is 0 Å². The lowest BCUT2D eigenvalue weighted by Gasteiger charge is -2.32. The molecule has 0 atom stereocenters. The summed E-state index contributed by atoms with van der Waals surface area (Å²) in [5.74, 6) is 0. The number of alkyl halides is 2. The number of aromatic nitrogens is 1. The molecule has 0 unspecified atom stereocenters. The number of pyridine rings is 1. The third-order valence-corrected chi connectivity index (χ3v) is 3.73. The highest BCUT2D eigenvalue weighted by Gasteiger charge is 2.51. The highest BCUT2D eigenvalue weighted by atomic mass is 19.3. The molecule has 0 aromatic carbocycles. The van der Waals surface area contributed by atoms with Crippen LogP contribution in [-0.2, 0) is 15.7 Å². The monoisotopic (exact) mass is 269 g/mol. The summed E-state index contributed by atoms with van der Waals surface area (Å²) in [6.45, 7) is 7.79. The van der Waals surface area contributed by atoms with Gasteiger partial charge in [-0.15, -0.1) is 0 Å². The van der Waals surface area contributed by atoms with Crippen LogP contribution < -0.4 is 5.46 Å². The van der Waals surface area contributed by atoms with Crippen LogP contribution in [0.15, 0.2) is 18.5 Å². The molecule has 1 aliphatic heterocycles. The molecule has 3 nitrogen and oxygen atoms in total. The van der Waals surface area contributed by atoms with Gasteiger partial charge in [-0.25, -0.2) is 8.78 Å². The van der Waals surface area contributed by atoms with Crippen molar-refractivity contribution >= 4 is 12.6 Å². The van der Waals surface area contributed by atoms with Gasteiger partial charge >= 0.3 is 7.12 Å². The molecular weight excluding hydrogens is 251 g/mol. The van der Waals surface area contributed by atoms with Gasteiger partial charge in [0, 0.05) is 24.3 Å². The minimum atomic E-state index is -2.38. The van der Waals surface area contributed by atoms with E-state index < -0.39 is 24.7 Å². The lowest BCUT2D eigenvalue weighted by Crippen LogP contribution is -2.41. The summed E-state index contributed by atoms with van der Waals surface area (Å²) in [4.78, 5) is 3.98. The second-order valence-electron chi connectivity index (χ2n) is 5.81. The molecule has 2 heterocycles. The molecule has 2 rings (SSSR count). The van der Waals surface area contributed by atoms with Crippen LogP contribution in [0.1, 0.15) is 33.3 Å². The van der Waals surface area contributed by atoms with Crippen LogP contribution in [0.5, 0.6) is 0 Å². The van der Waals surface area contributed by atoms with Crippen molar-refractivity contribution in [1.82, 2.24) is 4.98 Å². The second-order valence-corrected chi connectivity index (χ2v) is 5.81. The van der Waals surface area contributed by atoms with Gasteiger partial charge in [0.05, 0.1) is 11.2 Å². The van der Waals surface area contributed by atoms with E-state index in [2.05, 4.69) is 4.98 Å².